The number of amides is 2. The Morgan fingerprint density at radius 3 is 2.30 bits per heavy atom. The fraction of sp³-hybridized carbons (Fsp3) is 0.391. The summed E-state index contributed by atoms with van der Waals surface area (Å²) in [5, 5.41) is 10.2. The smallest absolute Gasteiger partial charge is 0.489 e. The number of likely N-dealkylation sites (tertiary alicyclic amines) is 1. The molecule has 0 radical (unpaired) electrons. The highest BCUT2D eigenvalue weighted by atomic mass is 19.1. The van der Waals surface area contributed by atoms with E-state index >= 15 is 0 Å². The molecular weight excluding hydrogens is 387 g/mol. The first-order chi connectivity index (χ1) is 14.1. The number of hydrogen-bond donors (Lipinski definition) is 2. The molecule has 0 saturated carbocycles. The van der Waals surface area contributed by atoms with Crippen molar-refractivity contribution in [2.45, 2.75) is 57.8 Å². The lowest BCUT2D eigenvalue weighted by Crippen LogP contribution is -2.69. The summed E-state index contributed by atoms with van der Waals surface area (Å²) >= 11 is 0. The van der Waals surface area contributed by atoms with Crippen molar-refractivity contribution in [3.8, 4) is 5.75 Å². The zero-order valence-corrected chi connectivity index (χ0v) is 17.5. The van der Waals surface area contributed by atoms with Crippen molar-refractivity contribution in [1.29, 1.82) is 0 Å². The highest BCUT2D eigenvalue weighted by molar-refractivity contribution is 5.81. The van der Waals surface area contributed by atoms with Gasteiger partial charge in [-0.15, -0.1) is 0 Å². The number of carbonyl (C=O) groups excluding carboxylic acids is 1. The lowest BCUT2D eigenvalue weighted by Gasteiger charge is -2.47. The van der Waals surface area contributed by atoms with Gasteiger partial charge in [0.15, 0.2) is 6.04 Å². The van der Waals surface area contributed by atoms with Gasteiger partial charge in [-0.1, -0.05) is 18.2 Å². The van der Waals surface area contributed by atoms with Crippen LogP contribution in [-0.2, 0) is 11.4 Å². The van der Waals surface area contributed by atoms with Crippen LogP contribution in [0.1, 0.15) is 50.8 Å². The van der Waals surface area contributed by atoms with Gasteiger partial charge >= 0.3 is 6.09 Å². The molecule has 3 rings (SSSR count). The van der Waals surface area contributed by atoms with E-state index in [1.807, 2.05) is 32.9 Å². The molecule has 3 N–H and O–H groups in total. The minimum absolute atomic E-state index is 0.0936. The SMILES string of the molecule is CC(C)(C)[N+]1(C(=O)O)[C@H](C(N)=O)CC[C@H]1c1ccc(OCc2ccccc2F)cc1. The van der Waals surface area contributed by atoms with Gasteiger partial charge in [-0.05, 0) is 51.1 Å². The van der Waals surface area contributed by atoms with Crippen molar-refractivity contribution in [3.05, 3.63) is 65.5 Å². The van der Waals surface area contributed by atoms with Gasteiger partial charge in [0.25, 0.3) is 5.91 Å². The van der Waals surface area contributed by atoms with E-state index in [0.717, 1.165) is 5.56 Å². The molecule has 3 atom stereocenters. The van der Waals surface area contributed by atoms with Crippen molar-refractivity contribution in [1.82, 2.24) is 0 Å². The van der Waals surface area contributed by atoms with Crippen molar-refractivity contribution < 1.29 is 28.3 Å². The summed E-state index contributed by atoms with van der Waals surface area (Å²) in [4.78, 5) is 24.7. The normalized spacial score (nSPS) is 23.9. The maximum atomic E-state index is 13.8. The minimum Gasteiger partial charge on any atom is -0.489 e. The molecule has 0 spiro atoms. The van der Waals surface area contributed by atoms with Crippen LogP contribution >= 0.6 is 0 Å². The lowest BCUT2D eigenvalue weighted by molar-refractivity contribution is -0.933. The summed E-state index contributed by atoms with van der Waals surface area (Å²) in [5.74, 6) is -0.374. The topological polar surface area (TPSA) is 89.6 Å². The molecule has 0 aliphatic carbocycles. The molecule has 1 aliphatic rings. The monoisotopic (exact) mass is 415 g/mol. The van der Waals surface area contributed by atoms with Gasteiger partial charge in [-0.2, -0.15) is 4.79 Å². The summed E-state index contributed by atoms with van der Waals surface area (Å²) in [6.07, 6.45) is -0.115. The summed E-state index contributed by atoms with van der Waals surface area (Å²) in [6.45, 7) is 5.56. The number of rotatable bonds is 5. The molecule has 1 aliphatic heterocycles. The molecule has 160 valence electrons. The maximum absolute atomic E-state index is 13.8. The third-order valence-electron chi connectivity index (χ3n) is 6.07. The number of carbonyl (C=O) groups is 2. The molecule has 1 saturated heterocycles. The number of nitrogens with two attached hydrogens (primary N) is 1. The van der Waals surface area contributed by atoms with Gasteiger partial charge in [0.2, 0.25) is 0 Å². The van der Waals surface area contributed by atoms with E-state index in [0.29, 0.717) is 24.2 Å². The molecule has 2 aromatic carbocycles. The van der Waals surface area contributed by atoms with Crippen LogP contribution < -0.4 is 10.5 Å². The number of benzene rings is 2. The van der Waals surface area contributed by atoms with Crippen LogP contribution in [0.25, 0.3) is 0 Å². The number of carboxylic acid groups (broad SMARTS) is 1. The maximum Gasteiger partial charge on any atom is 0.515 e. The van der Waals surface area contributed by atoms with E-state index in [-0.39, 0.29) is 12.4 Å². The molecule has 6 nitrogen and oxygen atoms in total. The second kappa shape index (κ2) is 8.07. The molecule has 0 bridgehead atoms. The highest BCUT2D eigenvalue weighted by Gasteiger charge is 2.64. The second-order valence-corrected chi connectivity index (χ2v) is 8.69. The first-order valence-electron chi connectivity index (χ1n) is 9.96. The predicted molar refractivity (Wildman–Crippen MR) is 110 cm³/mol. The van der Waals surface area contributed by atoms with E-state index in [1.54, 1.807) is 30.3 Å². The van der Waals surface area contributed by atoms with E-state index in [2.05, 4.69) is 0 Å². The van der Waals surface area contributed by atoms with Gasteiger partial charge in [0, 0.05) is 24.0 Å². The molecule has 2 aromatic rings. The lowest BCUT2D eigenvalue weighted by atomic mass is 9.94. The fourth-order valence-electron chi connectivity index (χ4n) is 4.74. The Bertz CT molecular complexity index is 939. The minimum atomic E-state index is -1.06. The van der Waals surface area contributed by atoms with E-state index in [9.17, 15) is 19.1 Å². The van der Waals surface area contributed by atoms with Gasteiger partial charge < -0.3 is 15.6 Å². The number of hydrogen-bond acceptors (Lipinski definition) is 3. The summed E-state index contributed by atoms with van der Waals surface area (Å²) in [5.41, 5.74) is 6.12. The molecular formula is C23H28FN2O4+. The van der Waals surface area contributed by atoms with Crippen LogP contribution in [0.15, 0.2) is 48.5 Å². The van der Waals surface area contributed by atoms with Crippen LogP contribution in [-0.4, -0.2) is 33.2 Å². The molecule has 0 aromatic heterocycles. The Morgan fingerprint density at radius 1 is 1.13 bits per heavy atom. The van der Waals surface area contributed by atoms with Crippen molar-refractivity contribution >= 4 is 12.0 Å². The largest absolute Gasteiger partial charge is 0.515 e. The Labute approximate surface area is 175 Å². The zero-order valence-electron chi connectivity index (χ0n) is 17.5. The average Bonchev–Trinajstić information content (AvgIpc) is 3.10. The van der Waals surface area contributed by atoms with Gasteiger partial charge in [-0.25, -0.2) is 8.87 Å². The van der Waals surface area contributed by atoms with Crippen LogP contribution in [0.4, 0.5) is 9.18 Å². The first-order valence-corrected chi connectivity index (χ1v) is 9.96. The summed E-state index contributed by atoms with van der Waals surface area (Å²) < 4.78 is 19.0. The Kier molecular flexibility index (Phi) is 5.85. The summed E-state index contributed by atoms with van der Waals surface area (Å²) in [6, 6.07) is 12.3. The molecule has 30 heavy (non-hydrogen) atoms. The third kappa shape index (κ3) is 3.65. The number of ether oxygens (including phenoxy) is 1. The van der Waals surface area contributed by atoms with E-state index in [4.69, 9.17) is 10.5 Å². The van der Waals surface area contributed by atoms with Crippen molar-refractivity contribution in [3.63, 3.8) is 0 Å². The number of halogens is 1. The number of quaternary nitrogens is 1. The zero-order chi connectivity index (χ0) is 22.1. The molecule has 1 heterocycles. The molecule has 1 unspecified atom stereocenters. The predicted octanol–water partition coefficient (Wildman–Crippen LogP) is 4.39. The van der Waals surface area contributed by atoms with Gasteiger partial charge in [-0.3, -0.25) is 4.79 Å². The van der Waals surface area contributed by atoms with E-state index in [1.165, 1.54) is 6.07 Å². The van der Waals surface area contributed by atoms with Crippen LogP contribution in [0.2, 0.25) is 0 Å². The Morgan fingerprint density at radius 2 is 1.77 bits per heavy atom. The standard InChI is InChI=1S/C23H27FN2O4/c1-23(2,3)26(22(28)29)19(12-13-20(26)21(25)27)15-8-10-17(11-9-15)30-14-16-6-4-5-7-18(16)24/h4-11,19-20H,12-14H2,1-3H3,(H2-,25,27,28,29)/p+1/t19-,20-,26?/m0/s1. The number of primary amides is 1. The van der Waals surface area contributed by atoms with Crippen molar-refractivity contribution in [2.75, 3.05) is 0 Å². The van der Waals surface area contributed by atoms with Crippen LogP contribution in [0, 0.1) is 5.82 Å². The second-order valence-electron chi connectivity index (χ2n) is 8.69. The average molecular weight is 415 g/mol. The summed E-state index contributed by atoms with van der Waals surface area (Å²) in [7, 11) is 0. The molecule has 7 heteroatoms. The third-order valence-corrected chi connectivity index (χ3v) is 6.07. The van der Waals surface area contributed by atoms with E-state index < -0.39 is 34.1 Å². The Balaban J connectivity index is 1.88. The molecule has 2 amide bonds. The molecule has 1 fully saturated rings. The highest BCUT2D eigenvalue weighted by Crippen LogP contribution is 2.49. The first kappa shape index (κ1) is 21.8. The van der Waals surface area contributed by atoms with Crippen LogP contribution in [0.3, 0.4) is 0 Å². The fourth-order valence-corrected chi connectivity index (χ4v) is 4.74. The Hall–Kier alpha value is -2.93. The van der Waals surface area contributed by atoms with Gasteiger partial charge in [0.05, 0.1) is 0 Å². The van der Waals surface area contributed by atoms with Crippen molar-refractivity contribution in [2.24, 2.45) is 5.73 Å². The quantitative estimate of drug-likeness (QED) is 0.709. The number of nitrogens with zero attached hydrogens (tertiary/aromatic N) is 1. The van der Waals surface area contributed by atoms with Crippen LogP contribution in [0.5, 0.6) is 5.75 Å². The van der Waals surface area contributed by atoms with Gasteiger partial charge in [0.1, 0.15) is 29.8 Å².